The van der Waals surface area contributed by atoms with Crippen molar-refractivity contribution in [3.63, 3.8) is 0 Å². The van der Waals surface area contributed by atoms with Crippen molar-refractivity contribution in [2.45, 2.75) is 20.0 Å². The van der Waals surface area contributed by atoms with Gasteiger partial charge in [0.15, 0.2) is 17.2 Å². The average Bonchev–Trinajstić information content (AvgIpc) is 3.11. The molecule has 0 aliphatic rings. The molecule has 21 heavy (non-hydrogen) atoms. The van der Waals surface area contributed by atoms with Gasteiger partial charge in [-0.05, 0) is 19.1 Å². The Kier molecular flexibility index (Phi) is 3.27. The molecule has 3 aromatic heterocycles. The van der Waals surface area contributed by atoms with Crippen molar-refractivity contribution in [3.05, 3.63) is 36.3 Å². The second kappa shape index (κ2) is 5.23. The number of fused-ring (bicyclic) bond motifs is 1. The maximum Gasteiger partial charge on any atom is 0.284 e. The number of nitrogens with two attached hydrogens (primary N) is 1. The van der Waals surface area contributed by atoms with Crippen LogP contribution in [0.15, 0.2) is 29.2 Å². The van der Waals surface area contributed by atoms with Crippen LogP contribution in [0.4, 0.5) is 5.82 Å². The lowest BCUT2D eigenvalue weighted by Gasteiger charge is -2.04. The van der Waals surface area contributed by atoms with Gasteiger partial charge in [-0.2, -0.15) is 0 Å². The Morgan fingerprint density at radius 1 is 1.38 bits per heavy atom. The zero-order valence-electron chi connectivity index (χ0n) is 11.4. The first-order valence-electron chi connectivity index (χ1n) is 6.47. The standard InChI is InChI=1S/C13H14N6O2/c1-2-19-7-18-10-12(16-6-17-13(10)19)15-5-8-3-4-9(21-8)11(14)20/h3-4,6-7H,2,5H2,1H3,(H2,14,20)(H,15,16,17). The number of anilines is 1. The molecule has 0 radical (unpaired) electrons. The second-order valence-electron chi connectivity index (χ2n) is 4.41. The van der Waals surface area contributed by atoms with Crippen molar-refractivity contribution < 1.29 is 9.21 Å². The number of hydrogen-bond acceptors (Lipinski definition) is 6. The lowest BCUT2D eigenvalue weighted by Crippen LogP contribution is -2.09. The van der Waals surface area contributed by atoms with Crippen LogP contribution < -0.4 is 11.1 Å². The molecule has 0 aromatic carbocycles. The third kappa shape index (κ3) is 2.42. The predicted octanol–water partition coefficient (Wildman–Crippen LogP) is 1.15. The zero-order valence-corrected chi connectivity index (χ0v) is 11.4. The number of nitrogens with zero attached hydrogens (tertiary/aromatic N) is 4. The molecule has 108 valence electrons. The van der Waals surface area contributed by atoms with Gasteiger partial charge in [-0.1, -0.05) is 0 Å². The van der Waals surface area contributed by atoms with Gasteiger partial charge in [0.1, 0.15) is 17.6 Å². The van der Waals surface area contributed by atoms with Gasteiger partial charge in [0.25, 0.3) is 5.91 Å². The molecule has 0 atom stereocenters. The summed E-state index contributed by atoms with van der Waals surface area (Å²) < 4.78 is 7.23. The second-order valence-corrected chi connectivity index (χ2v) is 4.41. The quantitative estimate of drug-likeness (QED) is 0.727. The molecule has 8 heteroatoms. The van der Waals surface area contributed by atoms with E-state index in [9.17, 15) is 4.79 Å². The van der Waals surface area contributed by atoms with E-state index in [1.165, 1.54) is 6.33 Å². The highest BCUT2D eigenvalue weighted by Gasteiger charge is 2.11. The van der Waals surface area contributed by atoms with E-state index in [1.807, 2.05) is 11.5 Å². The molecule has 0 fully saturated rings. The Balaban J connectivity index is 1.81. The molecule has 3 N–H and O–H groups in total. The number of primary amides is 1. The maximum absolute atomic E-state index is 11.0. The lowest BCUT2D eigenvalue weighted by molar-refractivity contribution is 0.0972. The number of nitrogens with one attached hydrogen (secondary N) is 1. The van der Waals surface area contributed by atoms with Crippen LogP contribution in [0.5, 0.6) is 0 Å². The summed E-state index contributed by atoms with van der Waals surface area (Å²) in [6, 6.07) is 3.23. The van der Waals surface area contributed by atoms with Crippen LogP contribution in [0.1, 0.15) is 23.2 Å². The normalized spacial score (nSPS) is 10.9. The molecular formula is C13H14N6O2. The van der Waals surface area contributed by atoms with E-state index in [4.69, 9.17) is 10.2 Å². The van der Waals surface area contributed by atoms with Crippen LogP contribution in [0.2, 0.25) is 0 Å². The molecule has 1 amide bonds. The molecule has 0 bridgehead atoms. The Morgan fingerprint density at radius 3 is 2.95 bits per heavy atom. The van der Waals surface area contributed by atoms with Crippen molar-refractivity contribution in [2.75, 3.05) is 5.32 Å². The van der Waals surface area contributed by atoms with E-state index in [1.54, 1.807) is 18.5 Å². The minimum atomic E-state index is -0.590. The zero-order chi connectivity index (χ0) is 14.8. The van der Waals surface area contributed by atoms with Crippen LogP contribution in [0.25, 0.3) is 11.2 Å². The number of carbonyl (C=O) groups excluding carboxylic acids is 1. The number of hydrogen-bond donors (Lipinski definition) is 2. The summed E-state index contributed by atoms with van der Waals surface area (Å²) in [5.41, 5.74) is 6.61. The minimum Gasteiger partial charge on any atom is -0.454 e. The van der Waals surface area contributed by atoms with E-state index >= 15 is 0 Å². The van der Waals surface area contributed by atoms with E-state index in [0.29, 0.717) is 23.6 Å². The van der Waals surface area contributed by atoms with Gasteiger partial charge in [0, 0.05) is 6.54 Å². The van der Waals surface area contributed by atoms with Gasteiger partial charge in [-0.25, -0.2) is 15.0 Å². The van der Waals surface area contributed by atoms with Crippen LogP contribution in [-0.4, -0.2) is 25.4 Å². The Hall–Kier alpha value is -2.90. The third-order valence-corrected chi connectivity index (χ3v) is 3.08. The number of aromatic nitrogens is 4. The van der Waals surface area contributed by atoms with E-state index in [2.05, 4.69) is 20.3 Å². The van der Waals surface area contributed by atoms with Gasteiger partial charge in [-0.15, -0.1) is 0 Å². The molecule has 3 rings (SSSR count). The molecule has 3 aromatic rings. The first-order chi connectivity index (χ1) is 10.2. The van der Waals surface area contributed by atoms with Gasteiger partial charge >= 0.3 is 0 Å². The topological polar surface area (TPSA) is 112 Å². The van der Waals surface area contributed by atoms with E-state index in [0.717, 1.165) is 12.2 Å². The van der Waals surface area contributed by atoms with Gasteiger partial charge in [-0.3, -0.25) is 4.79 Å². The molecule has 0 saturated heterocycles. The molecule has 0 unspecified atom stereocenters. The summed E-state index contributed by atoms with van der Waals surface area (Å²) in [6.07, 6.45) is 3.21. The van der Waals surface area contributed by atoms with E-state index < -0.39 is 5.91 Å². The number of aryl methyl sites for hydroxylation is 1. The number of amides is 1. The van der Waals surface area contributed by atoms with Crippen molar-refractivity contribution in [2.24, 2.45) is 5.73 Å². The molecule has 8 nitrogen and oxygen atoms in total. The summed E-state index contributed by atoms with van der Waals surface area (Å²) in [5, 5.41) is 3.12. The monoisotopic (exact) mass is 286 g/mol. The Labute approximate surface area is 120 Å². The highest BCUT2D eigenvalue weighted by molar-refractivity contribution is 5.89. The maximum atomic E-state index is 11.0. The Bertz CT molecular complexity index is 791. The fraction of sp³-hybridized carbons (Fsp3) is 0.231. The predicted molar refractivity (Wildman–Crippen MR) is 75.5 cm³/mol. The number of furan rings is 1. The van der Waals surface area contributed by atoms with Crippen LogP contribution in [0, 0.1) is 0 Å². The molecule has 3 heterocycles. The lowest BCUT2D eigenvalue weighted by atomic mass is 10.4. The molecule has 0 aliphatic heterocycles. The number of imidazole rings is 1. The van der Waals surface area contributed by atoms with Crippen molar-refractivity contribution in [3.8, 4) is 0 Å². The smallest absolute Gasteiger partial charge is 0.284 e. The summed E-state index contributed by atoms with van der Waals surface area (Å²) in [6.45, 7) is 3.18. The summed E-state index contributed by atoms with van der Waals surface area (Å²) in [4.78, 5) is 23.7. The highest BCUT2D eigenvalue weighted by Crippen LogP contribution is 2.18. The van der Waals surface area contributed by atoms with Crippen LogP contribution in [-0.2, 0) is 13.1 Å². The largest absolute Gasteiger partial charge is 0.454 e. The average molecular weight is 286 g/mol. The summed E-state index contributed by atoms with van der Waals surface area (Å²) in [7, 11) is 0. The highest BCUT2D eigenvalue weighted by atomic mass is 16.3. The molecule has 0 saturated carbocycles. The third-order valence-electron chi connectivity index (χ3n) is 3.08. The first-order valence-corrected chi connectivity index (χ1v) is 6.47. The fourth-order valence-electron chi connectivity index (χ4n) is 2.02. The SMILES string of the molecule is CCn1cnc2c(NCc3ccc(C(N)=O)o3)ncnc21. The molecule has 0 spiro atoms. The van der Waals surface area contributed by atoms with Crippen molar-refractivity contribution in [1.29, 1.82) is 0 Å². The summed E-state index contributed by atoms with van der Waals surface area (Å²) in [5.74, 6) is 0.747. The van der Waals surface area contributed by atoms with Crippen molar-refractivity contribution in [1.82, 2.24) is 19.5 Å². The minimum absolute atomic E-state index is 0.134. The number of carbonyl (C=O) groups is 1. The molecule has 0 aliphatic carbocycles. The Morgan fingerprint density at radius 2 is 2.24 bits per heavy atom. The van der Waals surface area contributed by atoms with Crippen LogP contribution in [0.3, 0.4) is 0 Å². The molecular weight excluding hydrogens is 272 g/mol. The van der Waals surface area contributed by atoms with Gasteiger partial charge in [0.2, 0.25) is 0 Å². The fourth-order valence-corrected chi connectivity index (χ4v) is 2.02. The first kappa shape index (κ1) is 13.1. The van der Waals surface area contributed by atoms with Gasteiger partial charge < -0.3 is 20.0 Å². The van der Waals surface area contributed by atoms with Gasteiger partial charge in [0.05, 0.1) is 12.9 Å². The number of rotatable bonds is 5. The summed E-state index contributed by atoms with van der Waals surface area (Å²) >= 11 is 0. The van der Waals surface area contributed by atoms with Crippen molar-refractivity contribution >= 4 is 22.9 Å². The van der Waals surface area contributed by atoms with Crippen LogP contribution >= 0.6 is 0 Å². The van der Waals surface area contributed by atoms with E-state index in [-0.39, 0.29) is 5.76 Å².